The number of hydrogen-bond donors (Lipinski definition) is 1. The second kappa shape index (κ2) is 8.16. The van der Waals surface area contributed by atoms with E-state index >= 15 is 0 Å². The maximum atomic E-state index is 13.0. The summed E-state index contributed by atoms with van der Waals surface area (Å²) in [6, 6.07) is 7.40. The Morgan fingerprint density at radius 1 is 1.36 bits per heavy atom. The van der Waals surface area contributed by atoms with E-state index in [1.807, 2.05) is 21.9 Å². The number of para-hydroxylation sites is 1. The highest BCUT2D eigenvalue weighted by Crippen LogP contribution is 2.23. The normalized spacial score (nSPS) is 21.1. The highest BCUT2D eigenvalue weighted by molar-refractivity contribution is 5.97. The lowest BCUT2D eigenvalue weighted by Crippen LogP contribution is -2.57. The SMILES string of the molecule is C=CCOc1ccccc1C(=O)N1CCCC(N2CCNCC2=O)C1. The number of benzene rings is 1. The van der Waals surface area contributed by atoms with E-state index in [9.17, 15) is 9.59 Å². The quantitative estimate of drug-likeness (QED) is 0.819. The van der Waals surface area contributed by atoms with Crippen molar-refractivity contribution in [3.05, 3.63) is 42.5 Å². The lowest BCUT2D eigenvalue weighted by molar-refractivity contribution is -0.135. The van der Waals surface area contributed by atoms with Crippen LogP contribution >= 0.6 is 0 Å². The molecule has 2 amide bonds. The Morgan fingerprint density at radius 2 is 2.20 bits per heavy atom. The Balaban J connectivity index is 1.72. The van der Waals surface area contributed by atoms with Crippen LogP contribution < -0.4 is 10.1 Å². The second-order valence-corrected chi connectivity index (χ2v) is 6.41. The van der Waals surface area contributed by atoms with E-state index in [-0.39, 0.29) is 17.9 Å². The molecule has 2 saturated heterocycles. The molecule has 1 atom stereocenters. The molecule has 6 nitrogen and oxygen atoms in total. The molecule has 2 fully saturated rings. The Hall–Kier alpha value is -2.34. The predicted molar refractivity (Wildman–Crippen MR) is 95.6 cm³/mol. The molecule has 0 radical (unpaired) electrons. The molecule has 6 heteroatoms. The maximum absolute atomic E-state index is 13.0. The van der Waals surface area contributed by atoms with Gasteiger partial charge in [-0.3, -0.25) is 9.59 Å². The Bertz CT molecular complexity index is 647. The van der Waals surface area contributed by atoms with Crippen LogP contribution in [0.15, 0.2) is 36.9 Å². The van der Waals surface area contributed by atoms with E-state index in [4.69, 9.17) is 4.74 Å². The fourth-order valence-corrected chi connectivity index (χ4v) is 3.49. The summed E-state index contributed by atoms with van der Waals surface area (Å²) < 4.78 is 5.62. The van der Waals surface area contributed by atoms with Crippen molar-refractivity contribution in [1.82, 2.24) is 15.1 Å². The molecule has 1 aromatic rings. The van der Waals surface area contributed by atoms with E-state index in [1.54, 1.807) is 18.2 Å². The van der Waals surface area contributed by atoms with Gasteiger partial charge in [0.2, 0.25) is 5.91 Å². The van der Waals surface area contributed by atoms with Gasteiger partial charge in [-0.15, -0.1) is 0 Å². The molecular weight excluding hydrogens is 318 g/mol. The van der Waals surface area contributed by atoms with Gasteiger partial charge in [0.05, 0.1) is 12.1 Å². The molecule has 1 unspecified atom stereocenters. The zero-order valence-electron chi connectivity index (χ0n) is 14.4. The van der Waals surface area contributed by atoms with Crippen molar-refractivity contribution in [2.24, 2.45) is 0 Å². The first-order valence-corrected chi connectivity index (χ1v) is 8.83. The van der Waals surface area contributed by atoms with Gasteiger partial charge in [0.25, 0.3) is 5.91 Å². The summed E-state index contributed by atoms with van der Waals surface area (Å²) in [7, 11) is 0. The van der Waals surface area contributed by atoms with Crippen molar-refractivity contribution in [2.45, 2.75) is 18.9 Å². The fraction of sp³-hybridized carbons (Fsp3) is 0.474. The number of nitrogens with one attached hydrogen (secondary N) is 1. The number of piperazine rings is 1. The molecule has 0 spiro atoms. The van der Waals surface area contributed by atoms with Gasteiger partial charge in [0, 0.05) is 32.2 Å². The van der Waals surface area contributed by atoms with Crippen molar-refractivity contribution in [3.63, 3.8) is 0 Å². The minimum absolute atomic E-state index is 0.0352. The molecule has 0 aliphatic carbocycles. The molecule has 2 aliphatic heterocycles. The van der Waals surface area contributed by atoms with Gasteiger partial charge in [-0.1, -0.05) is 24.8 Å². The minimum atomic E-state index is -0.0352. The molecule has 25 heavy (non-hydrogen) atoms. The standard InChI is InChI=1S/C19H25N3O3/c1-2-12-25-17-8-4-3-7-16(17)19(24)21-10-5-6-15(14-21)22-11-9-20-13-18(22)23/h2-4,7-8,15,20H,1,5-6,9-14H2. The number of carbonyl (C=O) groups is 2. The molecule has 3 rings (SSSR count). The van der Waals surface area contributed by atoms with Crippen LogP contribution in [-0.4, -0.2) is 67.0 Å². The van der Waals surface area contributed by atoms with Crippen molar-refractivity contribution in [2.75, 3.05) is 39.3 Å². The topological polar surface area (TPSA) is 61.9 Å². The molecule has 1 aromatic carbocycles. The minimum Gasteiger partial charge on any atom is -0.489 e. The van der Waals surface area contributed by atoms with Gasteiger partial charge in [-0.05, 0) is 25.0 Å². The number of hydrogen-bond acceptors (Lipinski definition) is 4. The highest BCUT2D eigenvalue weighted by Gasteiger charge is 2.32. The number of carbonyl (C=O) groups excluding carboxylic acids is 2. The smallest absolute Gasteiger partial charge is 0.257 e. The lowest BCUT2D eigenvalue weighted by Gasteiger charge is -2.41. The number of amides is 2. The van der Waals surface area contributed by atoms with Crippen LogP contribution in [0.2, 0.25) is 0 Å². The molecule has 0 saturated carbocycles. The van der Waals surface area contributed by atoms with Crippen molar-refractivity contribution in [3.8, 4) is 5.75 Å². The lowest BCUT2D eigenvalue weighted by atomic mass is 10.0. The van der Waals surface area contributed by atoms with Gasteiger partial charge in [-0.25, -0.2) is 0 Å². The largest absolute Gasteiger partial charge is 0.489 e. The highest BCUT2D eigenvalue weighted by atomic mass is 16.5. The first-order valence-electron chi connectivity index (χ1n) is 8.83. The predicted octanol–water partition coefficient (Wildman–Crippen LogP) is 1.29. The van der Waals surface area contributed by atoms with Crippen molar-refractivity contribution >= 4 is 11.8 Å². The zero-order chi connectivity index (χ0) is 17.6. The third kappa shape index (κ3) is 4.02. The van der Waals surface area contributed by atoms with Crippen LogP contribution in [-0.2, 0) is 4.79 Å². The summed E-state index contributed by atoms with van der Waals surface area (Å²) in [6.45, 7) is 7.23. The van der Waals surface area contributed by atoms with Gasteiger partial charge in [-0.2, -0.15) is 0 Å². The van der Waals surface area contributed by atoms with Crippen LogP contribution in [0.5, 0.6) is 5.75 Å². The molecule has 1 N–H and O–H groups in total. The number of ether oxygens (including phenoxy) is 1. The third-order valence-corrected chi connectivity index (χ3v) is 4.72. The molecule has 134 valence electrons. The fourth-order valence-electron chi connectivity index (χ4n) is 3.49. The van der Waals surface area contributed by atoms with Gasteiger partial charge >= 0.3 is 0 Å². The number of piperidine rings is 1. The van der Waals surface area contributed by atoms with E-state index in [1.165, 1.54) is 0 Å². The summed E-state index contributed by atoms with van der Waals surface area (Å²) in [5.41, 5.74) is 0.566. The van der Waals surface area contributed by atoms with E-state index < -0.39 is 0 Å². The summed E-state index contributed by atoms with van der Waals surface area (Å²) >= 11 is 0. The van der Waals surface area contributed by atoms with E-state index in [0.717, 1.165) is 19.4 Å². The Kier molecular flexibility index (Phi) is 5.71. The number of rotatable bonds is 5. The van der Waals surface area contributed by atoms with E-state index in [0.29, 0.717) is 44.1 Å². The average molecular weight is 343 g/mol. The summed E-state index contributed by atoms with van der Waals surface area (Å²) in [5.74, 6) is 0.667. The average Bonchev–Trinajstić information content (AvgIpc) is 2.66. The Morgan fingerprint density at radius 3 is 3.00 bits per heavy atom. The van der Waals surface area contributed by atoms with Crippen molar-refractivity contribution in [1.29, 1.82) is 0 Å². The summed E-state index contributed by atoms with van der Waals surface area (Å²) in [4.78, 5) is 28.9. The molecule has 0 bridgehead atoms. The van der Waals surface area contributed by atoms with Gasteiger partial charge in [0.1, 0.15) is 12.4 Å². The maximum Gasteiger partial charge on any atom is 0.257 e. The van der Waals surface area contributed by atoms with Gasteiger partial charge in [0.15, 0.2) is 0 Å². The Labute approximate surface area is 148 Å². The zero-order valence-corrected chi connectivity index (χ0v) is 14.4. The van der Waals surface area contributed by atoms with Crippen LogP contribution in [0.4, 0.5) is 0 Å². The van der Waals surface area contributed by atoms with Crippen molar-refractivity contribution < 1.29 is 14.3 Å². The summed E-state index contributed by atoms with van der Waals surface area (Å²) in [5, 5.41) is 3.09. The first-order chi connectivity index (χ1) is 12.2. The van der Waals surface area contributed by atoms with Crippen LogP contribution in [0.1, 0.15) is 23.2 Å². The first kappa shape index (κ1) is 17.5. The van der Waals surface area contributed by atoms with Crippen LogP contribution in [0.3, 0.4) is 0 Å². The number of nitrogens with zero attached hydrogens (tertiary/aromatic N) is 2. The van der Waals surface area contributed by atoms with E-state index in [2.05, 4.69) is 11.9 Å². The van der Waals surface area contributed by atoms with Crippen LogP contribution in [0, 0.1) is 0 Å². The second-order valence-electron chi connectivity index (χ2n) is 6.41. The third-order valence-electron chi connectivity index (χ3n) is 4.72. The van der Waals surface area contributed by atoms with Gasteiger partial charge < -0.3 is 19.9 Å². The number of likely N-dealkylation sites (tertiary alicyclic amines) is 1. The van der Waals surface area contributed by atoms with Crippen LogP contribution in [0.25, 0.3) is 0 Å². The molecule has 0 aromatic heterocycles. The monoisotopic (exact) mass is 343 g/mol. The molecule has 2 aliphatic rings. The molecular formula is C19H25N3O3. The molecule has 2 heterocycles. The summed E-state index contributed by atoms with van der Waals surface area (Å²) in [6.07, 6.45) is 3.52.